The van der Waals surface area contributed by atoms with Crippen LogP contribution in [0.1, 0.15) is 18.5 Å². The summed E-state index contributed by atoms with van der Waals surface area (Å²) in [6.07, 6.45) is 3.19. The van der Waals surface area contributed by atoms with E-state index in [1.54, 1.807) is 0 Å². The molecule has 0 aliphatic carbocycles. The Morgan fingerprint density at radius 1 is 1.32 bits per heavy atom. The van der Waals surface area contributed by atoms with Crippen molar-refractivity contribution in [1.29, 1.82) is 0 Å². The average molecular weight is 326 g/mol. The van der Waals surface area contributed by atoms with E-state index in [0.29, 0.717) is 19.1 Å². The molecule has 0 bridgehead atoms. The topological polar surface area (TPSA) is 84.4 Å². The molecule has 8 heteroatoms. The van der Waals surface area contributed by atoms with Gasteiger partial charge in [-0.3, -0.25) is 0 Å². The Morgan fingerprint density at radius 3 is 2.82 bits per heavy atom. The third-order valence-corrected chi connectivity index (χ3v) is 4.97. The summed E-state index contributed by atoms with van der Waals surface area (Å²) in [5.41, 5.74) is 0.866. The minimum Gasteiger partial charge on any atom is -0.376 e. The summed E-state index contributed by atoms with van der Waals surface area (Å²) in [6, 6.07) is 3.60. The molecule has 0 amide bonds. The summed E-state index contributed by atoms with van der Waals surface area (Å²) in [5.74, 6) is 1.10. The van der Waals surface area contributed by atoms with Crippen molar-refractivity contribution in [3.8, 4) is 0 Å². The van der Waals surface area contributed by atoms with Crippen molar-refractivity contribution in [3.05, 3.63) is 17.8 Å². The van der Waals surface area contributed by atoms with Crippen molar-refractivity contribution in [2.75, 3.05) is 30.9 Å². The van der Waals surface area contributed by atoms with E-state index >= 15 is 0 Å². The number of aryl methyl sites for hydroxylation is 1. The lowest BCUT2D eigenvalue weighted by Gasteiger charge is -2.46. The zero-order valence-corrected chi connectivity index (χ0v) is 13.7. The molecule has 0 radical (unpaired) electrons. The highest BCUT2D eigenvalue weighted by Gasteiger charge is 2.40. The Bertz CT molecular complexity index is 619. The summed E-state index contributed by atoms with van der Waals surface area (Å²) in [5, 5.41) is 8.32. The quantitative estimate of drug-likeness (QED) is 0.861. The van der Waals surface area contributed by atoms with Crippen molar-refractivity contribution >= 4 is 15.8 Å². The number of hydrogen-bond acceptors (Lipinski definition) is 6. The molecule has 2 aliphatic heterocycles. The van der Waals surface area contributed by atoms with Gasteiger partial charge in [0.15, 0.2) is 5.82 Å². The van der Waals surface area contributed by atoms with Crippen LogP contribution in [0.25, 0.3) is 0 Å². The minimum atomic E-state index is -3.28. The Balaban J connectivity index is 1.83. The Morgan fingerprint density at radius 2 is 2.14 bits per heavy atom. The van der Waals surface area contributed by atoms with Gasteiger partial charge in [0.25, 0.3) is 0 Å². The molecule has 122 valence electrons. The molecule has 2 aliphatic rings. The first kappa shape index (κ1) is 15.6. The van der Waals surface area contributed by atoms with E-state index in [-0.39, 0.29) is 12.1 Å². The van der Waals surface area contributed by atoms with Gasteiger partial charge in [0.2, 0.25) is 10.0 Å². The Labute approximate surface area is 131 Å². The summed E-state index contributed by atoms with van der Waals surface area (Å²) in [7, 11) is -3.28. The van der Waals surface area contributed by atoms with Crippen molar-refractivity contribution in [1.82, 2.24) is 14.9 Å². The zero-order valence-electron chi connectivity index (χ0n) is 12.9. The highest BCUT2D eigenvalue weighted by atomic mass is 32.2. The van der Waals surface area contributed by atoms with Gasteiger partial charge in [-0.15, -0.1) is 5.10 Å². The number of rotatable bonds is 3. The van der Waals surface area contributed by atoms with Crippen LogP contribution in [0.3, 0.4) is 0 Å². The summed E-state index contributed by atoms with van der Waals surface area (Å²) < 4.78 is 31.9. The predicted molar refractivity (Wildman–Crippen MR) is 83.2 cm³/mol. The fourth-order valence-electron chi connectivity index (χ4n) is 3.33. The molecule has 1 aromatic heterocycles. The number of piperidine rings is 1. The number of fused-ring (bicyclic) bond motifs is 1. The molecule has 0 saturated carbocycles. The van der Waals surface area contributed by atoms with E-state index in [0.717, 1.165) is 30.9 Å². The fraction of sp³-hybridized carbons (Fsp3) is 0.714. The third-order valence-electron chi connectivity index (χ3n) is 4.24. The van der Waals surface area contributed by atoms with Gasteiger partial charge in [0.05, 0.1) is 24.1 Å². The van der Waals surface area contributed by atoms with Crippen LogP contribution in [0.5, 0.6) is 0 Å². The zero-order chi connectivity index (χ0) is 15.7. The monoisotopic (exact) mass is 326 g/mol. The lowest BCUT2D eigenvalue weighted by Crippen LogP contribution is -2.61. The molecular weight excluding hydrogens is 304 g/mol. The highest BCUT2D eigenvalue weighted by molar-refractivity contribution is 7.88. The Kier molecular flexibility index (Phi) is 4.33. The van der Waals surface area contributed by atoms with Crippen molar-refractivity contribution in [2.45, 2.75) is 31.9 Å². The standard InChI is InChI=1S/C14H22N4O3S/c1-10-5-6-13(16-15-10)18-8-11-4-3-7-21-14(11)12(9-18)17-22(2,19)20/h5-6,11-12,14,17H,3-4,7-9H2,1-2H3/t11-,12+,14-/m0/s1. The summed E-state index contributed by atoms with van der Waals surface area (Å²) >= 11 is 0. The maximum Gasteiger partial charge on any atom is 0.209 e. The number of nitrogens with zero attached hydrogens (tertiary/aromatic N) is 3. The molecule has 0 spiro atoms. The highest BCUT2D eigenvalue weighted by Crippen LogP contribution is 2.30. The van der Waals surface area contributed by atoms with E-state index in [9.17, 15) is 8.42 Å². The normalized spacial score (nSPS) is 29.2. The number of nitrogens with one attached hydrogen (secondary N) is 1. The first-order chi connectivity index (χ1) is 10.4. The van der Waals surface area contributed by atoms with E-state index < -0.39 is 10.0 Å². The van der Waals surface area contributed by atoms with Crippen molar-refractivity contribution in [2.24, 2.45) is 5.92 Å². The number of anilines is 1. The minimum absolute atomic E-state index is 0.0573. The van der Waals surface area contributed by atoms with Crippen LogP contribution in [-0.4, -0.2) is 56.7 Å². The van der Waals surface area contributed by atoms with Gasteiger partial charge in [-0.05, 0) is 31.9 Å². The maximum atomic E-state index is 11.6. The van der Waals surface area contributed by atoms with E-state index in [4.69, 9.17) is 4.74 Å². The first-order valence-electron chi connectivity index (χ1n) is 7.56. The van der Waals surface area contributed by atoms with Crippen molar-refractivity contribution < 1.29 is 13.2 Å². The van der Waals surface area contributed by atoms with Crippen LogP contribution in [0, 0.1) is 12.8 Å². The molecular formula is C14H22N4O3S. The smallest absolute Gasteiger partial charge is 0.209 e. The van der Waals surface area contributed by atoms with E-state index in [2.05, 4.69) is 19.8 Å². The molecule has 2 saturated heterocycles. The van der Waals surface area contributed by atoms with Crippen molar-refractivity contribution in [3.63, 3.8) is 0 Å². The van der Waals surface area contributed by atoms with Crippen LogP contribution >= 0.6 is 0 Å². The van der Waals surface area contributed by atoms with Gasteiger partial charge in [-0.2, -0.15) is 5.10 Å². The molecule has 22 heavy (non-hydrogen) atoms. The lowest BCUT2D eigenvalue weighted by atomic mass is 9.86. The van der Waals surface area contributed by atoms with E-state index in [1.165, 1.54) is 6.26 Å². The number of aromatic nitrogens is 2. The Hall–Kier alpha value is -1.25. The molecule has 1 N–H and O–H groups in total. The number of hydrogen-bond donors (Lipinski definition) is 1. The molecule has 1 aromatic rings. The molecule has 0 unspecified atom stereocenters. The van der Waals surface area contributed by atoms with Gasteiger partial charge in [0, 0.05) is 25.6 Å². The lowest BCUT2D eigenvalue weighted by molar-refractivity contribution is -0.0495. The largest absolute Gasteiger partial charge is 0.376 e. The fourth-order valence-corrected chi connectivity index (χ4v) is 4.09. The first-order valence-corrected chi connectivity index (χ1v) is 9.46. The van der Waals surface area contributed by atoms with Crippen LogP contribution in [0.15, 0.2) is 12.1 Å². The second kappa shape index (κ2) is 6.10. The number of sulfonamides is 1. The summed E-state index contributed by atoms with van der Waals surface area (Å²) in [4.78, 5) is 2.10. The van der Waals surface area contributed by atoms with Crippen LogP contribution in [-0.2, 0) is 14.8 Å². The third kappa shape index (κ3) is 3.56. The summed E-state index contributed by atoms with van der Waals surface area (Å²) in [6.45, 7) is 3.97. The van der Waals surface area contributed by atoms with Crippen LogP contribution in [0.2, 0.25) is 0 Å². The predicted octanol–water partition coefficient (Wildman–Crippen LogP) is 0.318. The van der Waals surface area contributed by atoms with Crippen LogP contribution in [0.4, 0.5) is 5.82 Å². The number of ether oxygens (including phenoxy) is 1. The van der Waals surface area contributed by atoms with Gasteiger partial charge in [-0.25, -0.2) is 13.1 Å². The molecule has 7 nitrogen and oxygen atoms in total. The molecule has 2 fully saturated rings. The van der Waals surface area contributed by atoms with Gasteiger partial charge in [0.1, 0.15) is 0 Å². The van der Waals surface area contributed by atoms with Gasteiger partial charge < -0.3 is 9.64 Å². The molecule has 3 atom stereocenters. The molecule has 0 aromatic carbocycles. The molecule has 3 rings (SSSR count). The maximum absolute atomic E-state index is 11.6. The van der Waals surface area contributed by atoms with E-state index in [1.807, 2.05) is 19.1 Å². The van der Waals surface area contributed by atoms with Gasteiger partial charge >= 0.3 is 0 Å². The average Bonchev–Trinajstić information content (AvgIpc) is 2.46. The van der Waals surface area contributed by atoms with Gasteiger partial charge in [-0.1, -0.05) is 0 Å². The second-order valence-corrected chi connectivity index (χ2v) is 7.95. The molecule has 3 heterocycles. The SMILES string of the molecule is Cc1ccc(N2C[C@@H]3CCCO[C@@H]3[C@H](NS(C)(=O)=O)C2)nn1. The second-order valence-electron chi connectivity index (χ2n) is 6.17. The van der Waals surface area contributed by atoms with Crippen LogP contribution < -0.4 is 9.62 Å².